The summed E-state index contributed by atoms with van der Waals surface area (Å²) in [5.41, 5.74) is 1.59. The number of ether oxygens (including phenoxy) is 1. The van der Waals surface area contributed by atoms with Gasteiger partial charge in [-0.1, -0.05) is 19.9 Å². The van der Waals surface area contributed by atoms with Crippen LogP contribution in [0, 0.1) is 5.21 Å². The zero-order chi connectivity index (χ0) is 12.8. The standard InChI is InChI=1S/C13H14N2O3/c1-3-13(4-2)6-5-9-7-10-11(8-12(9)17-13)15(16)18-14-10/h5-8H,3-4H2,1-2H3. The van der Waals surface area contributed by atoms with Gasteiger partial charge in [0.05, 0.1) is 0 Å². The van der Waals surface area contributed by atoms with Crippen LogP contribution in [0.4, 0.5) is 0 Å². The minimum atomic E-state index is -0.272. The van der Waals surface area contributed by atoms with Crippen LogP contribution in [0.1, 0.15) is 32.3 Å². The molecule has 2 heterocycles. The summed E-state index contributed by atoms with van der Waals surface area (Å²) >= 11 is 0. The Labute approximate surface area is 104 Å². The van der Waals surface area contributed by atoms with Gasteiger partial charge in [-0.05, 0) is 23.8 Å². The van der Waals surface area contributed by atoms with Crippen LogP contribution in [0.2, 0.25) is 0 Å². The first-order valence-corrected chi connectivity index (χ1v) is 6.09. The number of hydrogen-bond donors (Lipinski definition) is 0. The van der Waals surface area contributed by atoms with E-state index < -0.39 is 0 Å². The molecule has 0 bridgehead atoms. The maximum atomic E-state index is 11.4. The van der Waals surface area contributed by atoms with Gasteiger partial charge in [-0.15, -0.1) is 0 Å². The van der Waals surface area contributed by atoms with E-state index in [1.54, 1.807) is 12.1 Å². The van der Waals surface area contributed by atoms with E-state index >= 15 is 0 Å². The van der Waals surface area contributed by atoms with Crippen molar-refractivity contribution in [2.24, 2.45) is 0 Å². The van der Waals surface area contributed by atoms with Gasteiger partial charge in [-0.3, -0.25) is 4.63 Å². The summed E-state index contributed by atoms with van der Waals surface area (Å²) in [4.78, 5) is 0.400. The fraction of sp³-hybridized carbons (Fsp3) is 0.385. The van der Waals surface area contributed by atoms with E-state index in [1.807, 2.05) is 6.08 Å². The van der Waals surface area contributed by atoms with Crippen LogP contribution < -0.4 is 9.64 Å². The highest BCUT2D eigenvalue weighted by Gasteiger charge is 2.30. The molecule has 5 heteroatoms. The summed E-state index contributed by atoms with van der Waals surface area (Å²) in [7, 11) is 0. The molecule has 1 aromatic heterocycles. The summed E-state index contributed by atoms with van der Waals surface area (Å²) in [5.74, 6) is 0.710. The van der Waals surface area contributed by atoms with E-state index in [4.69, 9.17) is 4.74 Å². The third-order valence-electron chi connectivity index (χ3n) is 3.59. The van der Waals surface area contributed by atoms with Crippen LogP contribution in [-0.4, -0.2) is 10.8 Å². The number of fused-ring (bicyclic) bond motifs is 2. The Kier molecular flexibility index (Phi) is 2.29. The minimum absolute atomic E-state index is 0.272. The minimum Gasteiger partial charge on any atom is -0.482 e. The monoisotopic (exact) mass is 246 g/mol. The average molecular weight is 246 g/mol. The zero-order valence-electron chi connectivity index (χ0n) is 10.3. The van der Waals surface area contributed by atoms with Crippen molar-refractivity contribution >= 4 is 17.1 Å². The Balaban J connectivity index is 2.15. The van der Waals surface area contributed by atoms with E-state index in [2.05, 4.69) is 29.7 Å². The van der Waals surface area contributed by atoms with E-state index in [9.17, 15) is 5.21 Å². The largest absolute Gasteiger partial charge is 0.482 e. The molecule has 0 saturated heterocycles. The lowest BCUT2D eigenvalue weighted by atomic mass is 9.93. The van der Waals surface area contributed by atoms with Crippen molar-refractivity contribution in [3.63, 3.8) is 0 Å². The molecule has 3 rings (SSSR count). The number of hydrogen-bond acceptors (Lipinski definition) is 4. The molecule has 18 heavy (non-hydrogen) atoms. The molecule has 0 N–H and O–H groups in total. The molecule has 1 aliphatic heterocycles. The van der Waals surface area contributed by atoms with E-state index in [1.165, 1.54) is 0 Å². The van der Waals surface area contributed by atoms with Crippen molar-refractivity contribution in [3.05, 3.63) is 29.0 Å². The number of aromatic nitrogens is 2. The fourth-order valence-corrected chi connectivity index (χ4v) is 2.26. The summed E-state index contributed by atoms with van der Waals surface area (Å²) in [5, 5.41) is 15.1. The van der Waals surface area contributed by atoms with Gasteiger partial charge >= 0.3 is 0 Å². The van der Waals surface area contributed by atoms with Crippen molar-refractivity contribution in [2.45, 2.75) is 32.3 Å². The first kappa shape index (κ1) is 11.1. The molecule has 0 aliphatic carbocycles. The molecular weight excluding hydrogens is 232 g/mol. The van der Waals surface area contributed by atoms with Gasteiger partial charge in [0.1, 0.15) is 11.4 Å². The van der Waals surface area contributed by atoms with Crippen LogP contribution in [0.3, 0.4) is 0 Å². The summed E-state index contributed by atoms with van der Waals surface area (Å²) < 4.78 is 10.6. The normalized spacial score (nSPS) is 16.6. The number of benzene rings is 1. The first-order valence-electron chi connectivity index (χ1n) is 6.09. The van der Waals surface area contributed by atoms with Crippen molar-refractivity contribution in [1.82, 2.24) is 5.16 Å². The van der Waals surface area contributed by atoms with Gasteiger partial charge in [0.25, 0.3) is 0 Å². The summed E-state index contributed by atoms with van der Waals surface area (Å²) in [6.07, 6.45) is 5.87. The van der Waals surface area contributed by atoms with E-state index in [-0.39, 0.29) is 5.60 Å². The highest BCUT2D eigenvalue weighted by molar-refractivity contribution is 5.79. The zero-order valence-corrected chi connectivity index (χ0v) is 10.3. The Morgan fingerprint density at radius 2 is 2.11 bits per heavy atom. The van der Waals surface area contributed by atoms with Crippen LogP contribution in [0.5, 0.6) is 5.75 Å². The second-order valence-corrected chi connectivity index (χ2v) is 4.52. The lowest BCUT2D eigenvalue weighted by molar-refractivity contribution is -0.782. The first-order chi connectivity index (χ1) is 8.67. The molecular formula is C13H14N2O3. The van der Waals surface area contributed by atoms with Gasteiger partial charge in [0, 0.05) is 22.9 Å². The Bertz CT molecular complexity index is 626. The van der Waals surface area contributed by atoms with Gasteiger partial charge < -0.3 is 9.94 Å². The molecule has 1 aromatic carbocycles. The van der Waals surface area contributed by atoms with Crippen molar-refractivity contribution < 1.29 is 14.3 Å². The van der Waals surface area contributed by atoms with E-state index in [0.717, 1.165) is 18.4 Å². The van der Waals surface area contributed by atoms with Crippen LogP contribution in [-0.2, 0) is 0 Å². The molecule has 0 fully saturated rings. The van der Waals surface area contributed by atoms with Crippen LogP contribution in [0.15, 0.2) is 22.8 Å². The van der Waals surface area contributed by atoms with Crippen molar-refractivity contribution in [1.29, 1.82) is 0 Å². The summed E-state index contributed by atoms with van der Waals surface area (Å²) in [6.45, 7) is 4.18. The molecule has 0 saturated carbocycles. The predicted molar refractivity (Wildman–Crippen MR) is 65.9 cm³/mol. The Morgan fingerprint density at radius 1 is 1.33 bits per heavy atom. The molecule has 0 radical (unpaired) electrons. The van der Waals surface area contributed by atoms with Crippen LogP contribution in [0.25, 0.3) is 17.1 Å². The van der Waals surface area contributed by atoms with Gasteiger partial charge in [-0.2, -0.15) is 0 Å². The molecule has 94 valence electrons. The molecule has 5 nitrogen and oxygen atoms in total. The third-order valence-corrected chi connectivity index (χ3v) is 3.59. The molecule has 1 aliphatic rings. The second kappa shape index (κ2) is 3.73. The van der Waals surface area contributed by atoms with E-state index in [0.29, 0.717) is 21.7 Å². The maximum Gasteiger partial charge on any atom is 0.249 e. The average Bonchev–Trinajstić information content (AvgIpc) is 2.77. The Morgan fingerprint density at radius 3 is 2.83 bits per heavy atom. The highest BCUT2D eigenvalue weighted by Crippen LogP contribution is 2.36. The lowest BCUT2D eigenvalue weighted by Crippen LogP contribution is -2.34. The highest BCUT2D eigenvalue weighted by atomic mass is 16.8. The molecule has 0 spiro atoms. The topological polar surface area (TPSA) is 62.2 Å². The molecule has 0 amide bonds. The number of rotatable bonds is 2. The smallest absolute Gasteiger partial charge is 0.249 e. The van der Waals surface area contributed by atoms with Crippen molar-refractivity contribution in [3.8, 4) is 5.75 Å². The lowest BCUT2D eigenvalue weighted by Gasteiger charge is -2.33. The molecule has 0 unspecified atom stereocenters. The van der Waals surface area contributed by atoms with Gasteiger partial charge in [0.15, 0.2) is 0 Å². The number of nitrogens with zero attached hydrogens (tertiary/aromatic N) is 2. The second-order valence-electron chi connectivity index (χ2n) is 4.52. The van der Waals surface area contributed by atoms with Crippen LogP contribution >= 0.6 is 0 Å². The molecule has 0 atom stereocenters. The Hall–Kier alpha value is -2.04. The summed E-state index contributed by atoms with van der Waals surface area (Å²) in [6, 6.07) is 3.49. The maximum absolute atomic E-state index is 11.4. The molecule has 2 aromatic rings. The van der Waals surface area contributed by atoms with Gasteiger partial charge in [-0.25, -0.2) is 0 Å². The SMILES string of the molecule is CCC1(CC)C=Cc2cc3no[n+]([O-])c3cc2O1. The third kappa shape index (κ3) is 1.47. The van der Waals surface area contributed by atoms with Crippen molar-refractivity contribution in [2.75, 3.05) is 0 Å². The predicted octanol–water partition coefficient (Wildman–Crippen LogP) is 2.43. The van der Waals surface area contributed by atoms with Gasteiger partial charge in [0.2, 0.25) is 11.0 Å². The quantitative estimate of drug-likeness (QED) is 0.763. The fourth-order valence-electron chi connectivity index (χ4n) is 2.26.